The zero-order chi connectivity index (χ0) is 21.4. The zero-order valence-electron chi connectivity index (χ0n) is 17.4. The average Bonchev–Trinajstić information content (AvgIpc) is 3.42. The third-order valence-electron chi connectivity index (χ3n) is 5.47. The van der Waals surface area contributed by atoms with Crippen LogP contribution in [0.2, 0.25) is 0 Å². The topological polar surface area (TPSA) is 17.8 Å². The van der Waals surface area contributed by atoms with Crippen LogP contribution in [0, 0.1) is 6.92 Å². The van der Waals surface area contributed by atoms with Gasteiger partial charge in [-0.3, -0.25) is 4.57 Å². The molecule has 0 atom stereocenters. The van der Waals surface area contributed by atoms with Gasteiger partial charge in [-0.1, -0.05) is 55.6 Å². The second-order valence-corrected chi connectivity index (χ2v) is 8.76. The highest BCUT2D eigenvalue weighted by molar-refractivity contribution is 7.15. The van der Waals surface area contributed by atoms with Crippen LogP contribution >= 0.6 is 11.3 Å². The van der Waals surface area contributed by atoms with E-state index in [2.05, 4.69) is 85.3 Å². The fourth-order valence-electron chi connectivity index (χ4n) is 3.96. The lowest BCUT2D eigenvalue weighted by atomic mass is 10.0. The predicted molar refractivity (Wildman–Crippen MR) is 135 cm³/mol. The van der Waals surface area contributed by atoms with Crippen molar-refractivity contribution in [2.75, 3.05) is 0 Å². The third kappa shape index (κ3) is 3.43. The second-order valence-electron chi connectivity index (χ2n) is 7.47. The van der Waals surface area contributed by atoms with E-state index < -0.39 is 0 Å². The minimum Gasteiger partial charge on any atom is -0.292 e. The van der Waals surface area contributed by atoms with Crippen molar-refractivity contribution in [3.63, 3.8) is 0 Å². The van der Waals surface area contributed by atoms with E-state index in [1.807, 2.05) is 35.6 Å². The summed E-state index contributed by atoms with van der Waals surface area (Å²) >= 11 is 1.83. The smallest absolute Gasteiger partial charge is 0.145 e. The Balaban J connectivity index is 1.66. The minimum absolute atomic E-state index is 0.831. The van der Waals surface area contributed by atoms with Gasteiger partial charge in [-0.25, -0.2) is 4.98 Å². The number of rotatable bonds is 5. The molecule has 0 unspecified atom stereocenters. The normalized spacial score (nSPS) is 11.0. The molecule has 0 saturated heterocycles. The molecule has 0 radical (unpaired) electrons. The first-order valence-electron chi connectivity index (χ1n) is 10.2. The summed E-state index contributed by atoms with van der Waals surface area (Å²) in [7, 11) is 0. The maximum absolute atomic E-state index is 4.90. The van der Waals surface area contributed by atoms with Crippen molar-refractivity contribution in [3.8, 4) is 27.5 Å². The van der Waals surface area contributed by atoms with Crippen LogP contribution in [0.1, 0.15) is 16.3 Å². The number of hydrogen-bond donors (Lipinski definition) is 0. The molecule has 0 aliphatic heterocycles. The molecule has 5 aromatic rings. The minimum atomic E-state index is 0.831. The first-order valence-corrected chi connectivity index (χ1v) is 11.0. The number of thiophene rings is 1. The Bertz CT molecular complexity index is 1420. The lowest BCUT2D eigenvalue weighted by Gasteiger charge is -2.11. The van der Waals surface area contributed by atoms with Gasteiger partial charge in [0.2, 0.25) is 0 Å². The summed E-state index contributed by atoms with van der Waals surface area (Å²) in [6.07, 6.45) is 3.63. The van der Waals surface area contributed by atoms with Crippen LogP contribution in [0.4, 0.5) is 0 Å². The van der Waals surface area contributed by atoms with E-state index in [1.54, 1.807) is 6.08 Å². The number of aromatic nitrogens is 2. The van der Waals surface area contributed by atoms with Gasteiger partial charge in [-0.15, -0.1) is 11.3 Å². The van der Waals surface area contributed by atoms with Gasteiger partial charge in [-0.05, 0) is 71.8 Å². The molecule has 0 bridgehead atoms. The maximum Gasteiger partial charge on any atom is 0.145 e. The zero-order valence-corrected chi connectivity index (χ0v) is 18.2. The molecule has 2 aromatic heterocycles. The van der Waals surface area contributed by atoms with Crippen molar-refractivity contribution in [1.82, 2.24) is 9.55 Å². The van der Waals surface area contributed by atoms with Crippen LogP contribution in [-0.2, 0) is 0 Å². The van der Waals surface area contributed by atoms with Crippen LogP contribution in [0.5, 0.6) is 0 Å². The molecule has 0 saturated carbocycles. The molecule has 5 rings (SSSR count). The summed E-state index contributed by atoms with van der Waals surface area (Å²) in [5, 5.41) is 2.41. The molecular weight excluding hydrogens is 396 g/mol. The van der Waals surface area contributed by atoms with Crippen molar-refractivity contribution in [3.05, 3.63) is 108 Å². The monoisotopic (exact) mass is 418 g/mol. The van der Waals surface area contributed by atoms with E-state index >= 15 is 0 Å². The molecule has 3 heteroatoms. The standard InChI is InChI=1S/C28H22N2S/c1-4-25-26(5-2)30(24-9-7-6-8-10-24)28(29-25)23-15-13-20-17-22(14-12-21(20)18-23)27-16-11-19(3)31-27/h4-18H,1-2H2,3H3. The van der Waals surface area contributed by atoms with Gasteiger partial charge in [-0.2, -0.15) is 0 Å². The first kappa shape index (κ1) is 19.3. The quantitative estimate of drug-likeness (QED) is 0.282. The number of hydrogen-bond acceptors (Lipinski definition) is 2. The van der Waals surface area contributed by atoms with Gasteiger partial charge in [0.1, 0.15) is 5.82 Å². The van der Waals surface area contributed by atoms with Crippen molar-refractivity contribution in [2.45, 2.75) is 6.92 Å². The predicted octanol–water partition coefficient (Wildman–Crippen LogP) is 8.02. The number of para-hydroxylation sites is 1. The molecule has 3 aromatic carbocycles. The SMILES string of the molecule is C=Cc1nc(-c2ccc3cc(-c4ccc(C)s4)ccc3c2)n(-c2ccccc2)c1C=C. The molecule has 150 valence electrons. The third-order valence-corrected chi connectivity index (χ3v) is 6.52. The number of fused-ring (bicyclic) bond motifs is 1. The summed E-state index contributed by atoms with van der Waals surface area (Å²) in [6.45, 7) is 10.1. The van der Waals surface area contributed by atoms with Gasteiger partial charge >= 0.3 is 0 Å². The number of benzene rings is 3. The number of imidazole rings is 1. The summed E-state index contributed by atoms with van der Waals surface area (Å²) in [5.41, 5.74) is 5.15. The Kier molecular flexibility index (Phi) is 4.89. The molecule has 2 nitrogen and oxygen atoms in total. The lowest BCUT2D eigenvalue weighted by Crippen LogP contribution is -1.99. The van der Waals surface area contributed by atoms with Crippen LogP contribution in [-0.4, -0.2) is 9.55 Å². The molecule has 0 spiro atoms. The lowest BCUT2D eigenvalue weighted by molar-refractivity contribution is 1.05. The molecule has 0 aliphatic rings. The number of aryl methyl sites for hydroxylation is 1. The van der Waals surface area contributed by atoms with E-state index in [0.717, 1.165) is 28.5 Å². The second kappa shape index (κ2) is 7.86. The van der Waals surface area contributed by atoms with E-state index in [4.69, 9.17) is 4.98 Å². The summed E-state index contributed by atoms with van der Waals surface area (Å²) in [6, 6.07) is 27.8. The summed E-state index contributed by atoms with van der Waals surface area (Å²) in [5.74, 6) is 0.885. The fourth-order valence-corrected chi connectivity index (χ4v) is 4.82. The van der Waals surface area contributed by atoms with Crippen LogP contribution in [0.25, 0.3) is 50.4 Å². The molecule has 0 amide bonds. The Morgan fingerprint density at radius 2 is 1.52 bits per heavy atom. The molecule has 2 heterocycles. The van der Waals surface area contributed by atoms with Gasteiger partial charge in [0.15, 0.2) is 0 Å². The highest BCUT2D eigenvalue weighted by Crippen LogP contribution is 2.33. The van der Waals surface area contributed by atoms with E-state index in [1.165, 1.54) is 26.1 Å². The van der Waals surface area contributed by atoms with Gasteiger partial charge in [0.05, 0.1) is 11.4 Å². The summed E-state index contributed by atoms with van der Waals surface area (Å²) < 4.78 is 2.15. The van der Waals surface area contributed by atoms with E-state index in [-0.39, 0.29) is 0 Å². The first-order chi connectivity index (χ1) is 15.2. The molecule has 0 N–H and O–H groups in total. The van der Waals surface area contributed by atoms with E-state index in [0.29, 0.717) is 0 Å². The van der Waals surface area contributed by atoms with Crippen molar-refractivity contribution in [2.24, 2.45) is 0 Å². The van der Waals surface area contributed by atoms with Gasteiger partial charge in [0, 0.05) is 21.0 Å². The molecular formula is C28H22N2S. The largest absolute Gasteiger partial charge is 0.292 e. The van der Waals surface area contributed by atoms with Gasteiger partial charge in [0.25, 0.3) is 0 Å². The van der Waals surface area contributed by atoms with Crippen molar-refractivity contribution < 1.29 is 0 Å². The molecule has 31 heavy (non-hydrogen) atoms. The highest BCUT2D eigenvalue weighted by Gasteiger charge is 2.16. The fraction of sp³-hybridized carbons (Fsp3) is 0.0357. The summed E-state index contributed by atoms with van der Waals surface area (Å²) in [4.78, 5) is 7.52. The Labute approximate surface area is 186 Å². The van der Waals surface area contributed by atoms with Crippen LogP contribution < -0.4 is 0 Å². The van der Waals surface area contributed by atoms with Gasteiger partial charge < -0.3 is 0 Å². The van der Waals surface area contributed by atoms with Crippen LogP contribution in [0.15, 0.2) is 92.0 Å². The van der Waals surface area contributed by atoms with Crippen LogP contribution in [0.3, 0.4) is 0 Å². The Hall–Kier alpha value is -3.69. The Morgan fingerprint density at radius 3 is 2.16 bits per heavy atom. The van der Waals surface area contributed by atoms with E-state index in [9.17, 15) is 0 Å². The molecule has 0 aliphatic carbocycles. The highest BCUT2D eigenvalue weighted by atomic mass is 32.1. The van der Waals surface area contributed by atoms with Crippen molar-refractivity contribution >= 4 is 34.3 Å². The molecule has 0 fully saturated rings. The maximum atomic E-state index is 4.90. The average molecular weight is 419 g/mol. The van der Waals surface area contributed by atoms with Crippen molar-refractivity contribution in [1.29, 1.82) is 0 Å². The number of nitrogens with zero attached hydrogens (tertiary/aromatic N) is 2. The Morgan fingerprint density at radius 1 is 0.806 bits per heavy atom.